The molecular weight excluding hydrogens is 791 g/mol. The Hall–Kier alpha value is -5.24. The number of phenols is 3. The summed E-state index contributed by atoms with van der Waals surface area (Å²) in [5.41, 5.74) is 4.60. The largest absolute Gasteiger partial charge is 0.508 e. The summed E-state index contributed by atoms with van der Waals surface area (Å²) in [4.78, 5) is 0. The zero-order chi connectivity index (χ0) is 43.3. The highest BCUT2D eigenvalue weighted by Gasteiger charge is 2.50. The molecule has 6 N–H and O–H groups in total. The van der Waals surface area contributed by atoms with Crippen LogP contribution in [0, 0.1) is 11.8 Å². The second-order valence-corrected chi connectivity index (χ2v) is 16.9. The SMILES string of the molecule is CNC[C@H](CCO)O[C@@H]1c2cc(OC)c3cc(O)ccc3c2O[C@@H](CCCOC)[C@H]1[C@@H]1COc2c(Cc3cc(O)ccc3-c3cccc(O)c3)cc(OC3CCCC3)cc2[C@H]1O. The third-order valence-electron chi connectivity index (χ3n) is 12.7. The van der Waals surface area contributed by atoms with Crippen LogP contribution in [0.3, 0.4) is 0 Å². The van der Waals surface area contributed by atoms with Crippen molar-refractivity contribution in [1.29, 1.82) is 0 Å². The Bertz CT molecular complexity index is 2320. The molecule has 62 heavy (non-hydrogen) atoms. The lowest BCUT2D eigenvalue weighted by molar-refractivity contribution is -0.135. The van der Waals surface area contributed by atoms with Crippen LogP contribution < -0.4 is 24.3 Å². The topological polar surface area (TPSA) is 169 Å². The van der Waals surface area contributed by atoms with E-state index in [0.29, 0.717) is 72.8 Å². The van der Waals surface area contributed by atoms with Gasteiger partial charge < -0.3 is 59.3 Å². The van der Waals surface area contributed by atoms with Crippen LogP contribution >= 0.6 is 0 Å². The minimum Gasteiger partial charge on any atom is -0.508 e. The third kappa shape index (κ3) is 9.12. The molecule has 1 fully saturated rings. The van der Waals surface area contributed by atoms with Crippen molar-refractivity contribution in [3.63, 3.8) is 0 Å². The van der Waals surface area contributed by atoms with Gasteiger partial charge in [-0.05, 0) is 129 Å². The minimum atomic E-state index is -1.04. The number of methoxy groups -OCH3 is 2. The molecule has 330 valence electrons. The molecule has 0 bridgehead atoms. The zero-order valence-electron chi connectivity index (χ0n) is 35.7. The number of nitrogens with one attached hydrogen (secondary N) is 1. The number of aromatic hydroxyl groups is 3. The number of rotatable bonds is 17. The molecule has 0 aromatic heterocycles. The molecule has 1 saturated carbocycles. The number of hydrogen-bond donors (Lipinski definition) is 6. The summed E-state index contributed by atoms with van der Waals surface area (Å²) in [5.74, 6) is 1.72. The van der Waals surface area contributed by atoms with E-state index in [4.69, 9.17) is 28.4 Å². The quantitative estimate of drug-likeness (QED) is 0.0498. The Balaban J connectivity index is 1.25. The molecule has 12 nitrogen and oxygen atoms in total. The van der Waals surface area contributed by atoms with Gasteiger partial charge in [-0.3, -0.25) is 0 Å². The zero-order valence-corrected chi connectivity index (χ0v) is 35.7. The minimum absolute atomic E-state index is 0.0514. The highest BCUT2D eigenvalue weighted by molar-refractivity contribution is 5.96. The summed E-state index contributed by atoms with van der Waals surface area (Å²) in [5, 5.41) is 59.4. The van der Waals surface area contributed by atoms with Gasteiger partial charge in [-0.15, -0.1) is 0 Å². The first-order chi connectivity index (χ1) is 30.2. The van der Waals surface area contributed by atoms with Crippen LogP contribution in [0.25, 0.3) is 21.9 Å². The Morgan fingerprint density at radius 2 is 1.63 bits per heavy atom. The summed E-state index contributed by atoms with van der Waals surface area (Å²) >= 11 is 0. The van der Waals surface area contributed by atoms with Gasteiger partial charge in [0.25, 0.3) is 0 Å². The van der Waals surface area contributed by atoms with Crippen LogP contribution in [-0.2, 0) is 15.9 Å². The molecule has 2 heterocycles. The van der Waals surface area contributed by atoms with Crippen LogP contribution in [0.15, 0.2) is 78.9 Å². The molecule has 1 aliphatic carbocycles. The standard InChI is InChI=1S/C50H59NO11/c1-51-27-36(17-18-52)61-50-42-26-45(58-3)40-24-34(55)14-16-39(40)49(42)62-44(12-7-19-57-2)46(50)43-28-59-48-31(23-37(25-41(48)47(43)56)60-35-10-4-5-11-35)20-30-22-33(54)13-15-38(30)29-8-6-9-32(53)21-29/h6,8-9,13-16,21-26,35-36,43-44,46-47,50-56H,4-5,7,10-12,17-20,27-28H2,1-3H3/t36-,43-,44-,46+,47+,50+/m0/s1. The van der Waals surface area contributed by atoms with E-state index >= 15 is 0 Å². The number of aliphatic hydroxyl groups excluding tert-OH is 2. The Kier molecular flexibility index (Phi) is 13.6. The fourth-order valence-electron chi connectivity index (χ4n) is 9.85. The fraction of sp³-hybridized carbons (Fsp3) is 0.440. The Labute approximate surface area is 362 Å². The second-order valence-electron chi connectivity index (χ2n) is 16.9. The maximum absolute atomic E-state index is 12.9. The molecule has 8 rings (SSSR count). The predicted octanol–water partition coefficient (Wildman–Crippen LogP) is 8.12. The van der Waals surface area contributed by atoms with E-state index in [1.165, 1.54) is 0 Å². The van der Waals surface area contributed by atoms with Crippen molar-refractivity contribution in [3.05, 3.63) is 101 Å². The number of hydrogen-bond acceptors (Lipinski definition) is 12. The first-order valence-electron chi connectivity index (χ1n) is 21.8. The Morgan fingerprint density at radius 3 is 2.39 bits per heavy atom. The van der Waals surface area contributed by atoms with Crippen molar-refractivity contribution in [2.24, 2.45) is 11.8 Å². The lowest BCUT2D eigenvalue weighted by Gasteiger charge is -2.47. The molecule has 0 unspecified atom stereocenters. The monoisotopic (exact) mass is 849 g/mol. The highest BCUT2D eigenvalue weighted by atomic mass is 16.5. The van der Waals surface area contributed by atoms with Gasteiger partial charge in [-0.1, -0.05) is 18.2 Å². The van der Waals surface area contributed by atoms with Gasteiger partial charge in [0.1, 0.15) is 46.4 Å². The van der Waals surface area contributed by atoms with Crippen LogP contribution in [0.5, 0.6) is 40.2 Å². The summed E-state index contributed by atoms with van der Waals surface area (Å²) in [7, 11) is 5.11. The van der Waals surface area contributed by atoms with Gasteiger partial charge in [-0.25, -0.2) is 0 Å². The van der Waals surface area contributed by atoms with Gasteiger partial charge in [0.15, 0.2) is 0 Å². The molecule has 0 spiro atoms. The van der Waals surface area contributed by atoms with E-state index in [0.717, 1.165) is 58.9 Å². The van der Waals surface area contributed by atoms with Crippen LogP contribution in [0.1, 0.15) is 79.4 Å². The fourth-order valence-corrected chi connectivity index (χ4v) is 9.85. The molecule has 3 aliphatic rings. The molecule has 0 amide bonds. The van der Waals surface area contributed by atoms with Crippen LogP contribution in [0.4, 0.5) is 0 Å². The van der Waals surface area contributed by atoms with E-state index in [1.807, 2.05) is 43.4 Å². The Morgan fingerprint density at radius 1 is 0.839 bits per heavy atom. The maximum atomic E-state index is 12.9. The van der Waals surface area contributed by atoms with Crippen molar-refractivity contribution < 1.29 is 54.0 Å². The summed E-state index contributed by atoms with van der Waals surface area (Å²) in [6.45, 7) is 1.05. The maximum Gasteiger partial charge on any atom is 0.133 e. The predicted molar refractivity (Wildman–Crippen MR) is 236 cm³/mol. The van der Waals surface area contributed by atoms with Crippen molar-refractivity contribution in [2.75, 3.05) is 47.6 Å². The smallest absolute Gasteiger partial charge is 0.133 e. The molecule has 12 heteroatoms. The van der Waals surface area contributed by atoms with Crippen molar-refractivity contribution in [3.8, 4) is 51.4 Å². The first-order valence-corrected chi connectivity index (χ1v) is 21.8. The number of phenolic OH excluding ortho intramolecular Hbond substituents is 3. The number of benzene rings is 5. The van der Waals surface area contributed by atoms with Crippen LogP contribution in [-0.4, -0.2) is 91.5 Å². The number of fused-ring (bicyclic) bond motifs is 4. The normalized spacial score (nSPS) is 21.5. The van der Waals surface area contributed by atoms with Gasteiger partial charge in [0.2, 0.25) is 0 Å². The average molecular weight is 850 g/mol. The summed E-state index contributed by atoms with van der Waals surface area (Å²) in [6, 6.07) is 23.2. The van der Waals surface area contributed by atoms with E-state index in [1.54, 1.807) is 56.7 Å². The van der Waals surface area contributed by atoms with Crippen molar-refractivity contribution in [2.45, 2.75) is 81.9 Å². The molecule has 6 atom stereocenters. The van der Waals surface area contributed by atoms with Crippen molar-refractivity contribution in [1.82, 2.24) is 5.32 Å². The van der Waals surface area contributed by atoms with E-state index < -0.39 is 30.1 Å². The first kappa shape index (κ1) is 43.4. The average Bonchev–Trinajstić information content (AvgIpc) is 3.77. The number of likely N-dealkylation sites (N-methyl/N-ethyl adjacent to an activating group) is 1. The second kappa shape index (κ2) is 19.4. The molecule has 2 aliphatic heterocycles. The highest BCUT2D eigenvalue weighted by Crippen LogP contribution is 2.55. The molecule has 0 radical (unpaired) electrons. The van der Waals surface area contributed by atoms with Gasteiger partial charge in [-0.2, -0.15) is 0 Å². The molecular formula is C50H59NO11. The summed E-state index contributed by atoms with van der Waals surface area (Å²) in [6.07, 6.45) is 3.60. The lowest BCUT2D eigenvalue weighted by Crippen LogP contribution is -2.48. The van der Waals surface area contributed by atoms with E-state index in [-0.39, 0.29) is 42.7 Å². The lowest BCUT2D eigenvalue weighted by atomic mass is 9.72. The van der Waals surface area contributed by atoms with Crippen molar-refractivity contribution >= 4 is 10.8 Å². The van der Waals surface area contributed by atoms with E-state index in [2.05, 4.69) is 5.32 Å². The number of aliphatic hydroxyl groups is 2. The molecule has 0 saturated heterocycles. The van der Waals surface area contributed by atoms with E-state index in [9.17, 15) is 25.5 Å². The molecule has 5 aromatic carbocycles. The molecule has 5 aromatic rings. The van der Waals surface area contributed by atoms with Gasteiger partial charge in [0, 0.05) is 72.6 Å². The van der Waals surface area contributed by atoms with Gasteiger partial charge >= 0.3 is 0 Å². The third-order valence-corrected chi connectivity index (χ3v) is 12.7. The number of ether oxygens (including phenoxy) is 6. The van der Waals surface area contributed by atoms with Crippen LogP contribution in [0.2, 0.25) is 0 Å². The van der Waals surface area contributed by atoms with Gasteiger partial charge in [0.05, 0.1) is 38.1 Å². The summed E-state index contributed by atoms with van der Waals surface area (Å²) < 4.78 is 39.2.